The van der Waals surface area contributed by atoms with Crippen LogP contribution in [0, 0.1) is 0 Å². The van der Waals surface area contributed by atoms with Gasteiger partial charge in [-0.1, -0.05) is 31.5 Å². The Morgan fingerprint density at radius 3 is 2.78 bits per heavy atom. The van der Waals surface area contributed by atoms with E-state index in [1.54, 1.807) is 4.90 Å². The van der Waals surface area contributed by atoms with Crippen LogP contribution in [0.5, 0.6) is 0 Å². The third kappa shape index (κ3) is 2.23. The van der Waals surface area contributed by atoms with E-state index in [4.69, 9.17) is 0 Å². The Morgan fingerprint density at radius 2 is 2.11 bits per heavy atom. The van der Waals surface area contributed by atoms with Gasteiger partial charge < -0.3 is 10.2 Å². The number of unbranched alkanes of at least 4 members (excludes halogenated alkanes) is 1. The minimum atomic E-state index is -0.308. The Bertz CT molecular complexity index is 471. The van der Waals surface area contributed by atoms with Gasteiger partial charge in [0.15, 0.2) is 0 Å². The lowest BCUT2D eigenvalue weighted by Gasteiger charge is -2.25. The standard InChI is InChI=1S/C14H18N2O2/c1-3-4-9-16-13(15-10(2)17)11-7-5-6-8-12(11)14(16)18/h5-8,13H,3-4,9H2,1-2H3,(H,15,17). The highest BCUT2D eigenvalue weighted by atomic mass is 16.2. The van der Waals surface area contributed by atoms with Crippen LogP contribution in [-0.4, -0.2) is 23.3 Å². The van der Waals surface area contributed by atoms with Gasteiger partial charge in [-0.05, 0) is 12.5 Å². The fraction of sp³-hybridized carbons (Fsp3) is 0.429. The molecule has 1 unspecified atom stereocenters. The number of amides is 2. The molecule has 0 spiro atoms. The summed E-state index contributed by atoms with van der Waals surface area (Å²) in [5.74, 6) is -0.108. The molecule has 1 aliphatic rings. The lowest BCUT2D eigenvalue weighted by Crippen LogP contribution is -2.39. The first-order valence-corrected chi connectivity index (χ1v) is 6.32. The van der Waals surface area contributed by atoms with E-state index in [-0.39, 0.29) is 18.0 Å². The number of rotatable bonds is 4. The second-order valence-electron chi connectivity index (χ2n) is 4.54. The number of hydrogen-bond acceptors (Lipinski definition) is 2. The SMILES string of the molecule is CCCCN1C(=O)c2ccccc2C1NC(C)=O. The summed E-state index contributed by atoms with van der Waals surface area (Å²) in [5, 5.41) is 2.85. The molecule has 0 aliphatic carbocycles. The summed E-state index contributed by atoms with van der Waals surface area (Å²) in [6.07, 6.45) is 1.65. The van der Waals surface area contributed by atoms with Gasteiger partial charge in [0.1, 0.15) is 6.17 Å². The summed E-state index contributed by atoms with van der Waals surface area (Å²) < 4.78 is 0. The van der Waals surface area contributed by atoms with Crippen LogP contribution in [0.15, 0.2) is 24.3 Å². The molecule has 2 amide bonds. The third-order valence-corrected chi connectivity index (χ3v) is 3.15. The van der Waals surface area contributed by atoms with Crippen LogP contribution in [0.25, 0.3) is 0 Å². The fourth-order valence-electron chi connectivity index (χ4n) is 2.28. The molecule has 0 radical (unpaired) electrons. The molecule has 96 valence electrons. The Morgan fingerprint density at radius 1 is 1.39 bits per heavy atom. The van der Waals surface area contributed by atoms with E-state index in [1.807, 2.05) is 24.3 Å². The predicted octanol–water partition coefficient (Wildman–Crippen LogP) is 2.08. The summed E-state index contributed by atoms with van der Waals surface area (Å²) in [4.78, 5) is 25.3. The molecular weight excluding hydrogens is 228 g/mol. The molecule has 4 heteroatoms. The van der Waals surface area contributed by atoms with Crippen LogP contribution in [0.2, 0.25) is 0 Å². The first-order chi connectivity index (χ1) is 8.65. The largest absolute Gasteiger partial charge is 0.332 e. The van der Waals surface area contributed by atoms with E-state index in [9.17, 15) is 9.59 Å². The van der Waals surface area contributed by atoms with Crippen LogP contribution >= 0.6 is 0 Å². The molecule has 4 nitrogen and oxygen atoms in total. The summed E-state index contributed by atoms with van der Waals surface area (Å²) in [5.41, 5.74) is 1.60. The molecule has 1 aromatic carbocycles. The monoisotopic (exact) mass is 246 g/mol. The maximum absolute atomic E-state index is 12.3. The third-order valence-electron chi connectivity index (χ3n) is 3.15. The highest BCUT2D eigenvalue weighted by molar-refractivity contribution is 5.99. The number of carbonyl (C=O) groups excluding carboxylic acids is 2. The second-order valence-corrected chi connectivity index (χ2v) is 4.54. The molecule has 0 fully saturated rings. The molecule has 1 aromatic rings. The van der Waals surface area contributed by atoms with Gasteiger partial charge >= 0.3 is 0 Å². The number of fused-ring (bicyclic) bond motifs is 1. The van der Waals surface area contributed by atoms with Crippen molar-refractivity contribution in [1.82, 2.24) is 10.2 Å². The van der Waals surface area contributed by atoms with Crippen molar-refractivity contribution < 1.29 is 9.59 Å². The average molecular weight is 246 g/mol. The summed E-state index contributed by atoms with van der Waals surface area (Å²) in [6, 6.07) is 7.47. The van der Waals surface area contributed by atoms with Crippen molar-refractivity contribution in [2.75, 3.05) is 6.54 Å². The van der Waals surface area contributed by atoms with E-state index >= 15 is 0 Å². The van der Waals surface area contributed by atoms with Crippen molar-refractivity contribution >= 4 is 11.8 Å². The topological polar surface area (TPSA) is 49.4 Å². The molecule has 0 saturated heterocycles. The van der Waals surface area contributed by atoms with Gasteiger partial charge in [0, 0.05) is 24.6 Å². The molecule has 0 saturated carbocycles. The van der Waals surface area contributed by atoms with Crippen LogP contribution in [0.3, 0.4) is 0 Å². The molecule has 1 atom stereocenters. The zero-order valence-corrected chi connectivity index (χ0v) is 10.8. The van der Waals surface area contributed by atoms with Crippen molar-refractivity contribution in [3.8, 4) is 0 Å². The predicted molar refractivity (Wildman–Crippen MR) is 68.9 cm³/mol. The van der Waals surface area contributed by atoms with Crippen molar-refractivity contribution in [2.24, 2.45) is 0 Å². The number of carbonyl (C=O) groups is 2. The lowest BCUT2D eigenvalue weighted by molar-refractivity contribution is -0.120. The second kappa shape index (κ2) is 5.21. The molecular formula is C14H18N2O2. The van der Waals surface area contributed by atoms with Gasteiger partial charge in [0.05, 0.1) is 0 Å². The molecule has 18 heavy (non-hydrogen) atoms. The Kier molecular flexibility index (Phi) is 3.65. The van der Waals surface area contributed by atoms with E-state index in [1.165, 1.54) is 6.92 Å². The molecule has 1 aliphatic heterocycles. The molecule has 0 bridgehead atoms. The van der Waals surface area contributed by atoms with Gasteiger partial charge in [-0.3, -0.25) is 9.59 Å². The summed E-state index contributed by atoms with van der Waals surface area (Å²) in [6.45, 7) is 4.24. The van der Waals surface area contributed by atoms with Crippen molar-refractivity contribution in [2.45, 2.75) is 32.9 Å². The van der Waals surface area contributed by atoms with Crippen molar-refractivity contribution in [3.63, 3.8) is 0 Å². The molecule has 1 N–H and O–H groups in total. The van der Waals surface area contributed by atoms with Gasteiger partial charge in [0.2, 0.25) is 5.91 Å². The van der Waals surface area contributed by atoms with Crippen LogP contribution in [0.1, 0.15) is 48.8 Å². The number of benzene rings is 1. The number of hydrogen-bond donors (Lipinski definition) is 1. The zero-order chi connectivity index (χ0) is 13.1. The highest BCUT2D eigenvalue weighted by Gasteiger charge is 2.36. The fourth-order valence-corrected chi connectivity index (χ4v) is 2.28. The zero-order valence-electron chi connectivity index (χ0n) is 10.8. The van der Waals surface area contributed by atoms with Gasteiger partial charge in [-0.15, -0.1) is 0 Å². The van der Waals surface area contributed by atoms with Gasteiger partial charge in [-0.2, -0.15) is 0 Å². The Balaban J connectivity index is 2.30. The van der Waals surface area contributed by atoms with Gasteiger partial charge in [-0.25, -0.2) is 0 Å². The van der Waals surface area contributed by atoms with Crippen molar-refractivity contribution in [3.05, 3.63) is 35.4 Å². The molecule has 1 heterocycles. The minimum absolute atomic E-state index is 0.0119. The van der Waals surface area contributed by atoms with Crippen molar-refractivity contribution in [1.29, 1.82) is 0 Å². The number of nitrogens with one attached hydrogen (secondary N) is 1. The smallest absolute Gasteiger partial charge is 0.256 e. The van der Waals surface area contributed by atoms with E-state index in [2.05, 4.69) is 12.2 Å². The van der Waals surface area contributed by atoms with Crippen LogP contribution in [0.4, 0.5) is 0 Å². The molecule has 2 rings (SSSR count). The van der Waals surface area contributed by atoms with E-state index in [0.29, 0.717) is 12.1 Å². The first-order valence-electron chi connectivity index (χ1n) is 6.32. The van der Waals surface area contributed by atoms with Gasteiger partial charge in [0.25, 0.3) is 5.91 Å². The quantitative estimate of drug-likeness (QED) is 0.884. The average Bonchev–Trinajstić information content (AvgIpc) is 2.61. The minimum Gasteiger partial charge on any atom is -0.332 e. The Hall–Kier alpha value is -1.84. The van der Waals surface area contributed by atoms with E-state index < -0.39 is 0 Å². The summed E-state index contributed by atoms with van der Waals surface area (Å²) in [7, 11) is 0. The Labute approximate surface area is 107 Å². The van der Waals surface area contributed by atoms with Crippen LogP contribution in [-0.2, 0) is 4.79 Å². The van der Waals surface area contributed by atoms with Crippen LogP contribution < -0.4 is 5.32 Å². The normalized spacial score (nSPS) is 17.8. The maximum atomic E-state index is 12.3. The number of nitrogens with zero attached hydrogens (tertiary/aromatic N) is 1. The first kappa shape index (κ1) is 12.6. The van der Waals surface area contributed by atoms with E-state index in [0.717, 1.165) is 18.4 Å². The molecule has 0 aromatic heterocycles. The summed E-state index contributed by atoms with van der Waals surface area (Å²) >= 11 is 0. The lowest BCUT2D eigenvalue weighted by atomic mass is 10.1. The highest BCUT2D eigenvalue weighted by Crippen LogP contribution is 2.31. The maximum Gasteiger partial charge on any atom is 0.256 e.